The lowest BCUT2D eigenvalue weighted by atomic mass is 10.3. The van der Waals surface area contributed by atoms with Gasteiger partial charge in [-0.15, -0.1) is 0 Å². The molecule has 33 heavy (non-hydrogen) atoms. The van der Waals surface area contributed by atoms with Crippen molar-refractivity contribution in [1.29, 1.82) is 0 Å². The van der Waals surface area contributed by atoms with Crippen molar-refractivity contribution in [3.63, 3.8) is 0 Å². The van der Waals surface area contributed by atoms with Crippen LogP contribution in [0.5, 0.6) is 23.3 Å². The number of nitrogens with two attached hydrogens (primary N) is 3. The molecule has 2 aromatic heterocycles. The molecule has 12 nitrogen and oxygen atoms in total. The first-order chi connectivity index (χ1) is 15.8. The molecule has 0 aliphatic rings. The minimum atomic E-state index is -0.497. The smallest absolute Gasteiger partial charge is 0.269 e. The fraction of sp³-hybridized carbons (Fsp3) is 0. The highest BCUT2D eigenvalue weighted by molar-refractivity contribution is 6.29. The number of non-ortho nitro benzene ring substituents is 1. The van der Waals surface area contributed by atoms with E-state index in [0.29, 0.717) is 23.1 Å². The van der Waals surface area contributed by atoms with E-state index in [1.165, 1.54) is 36.5 Å². The molecule has 0 saturated carbocycles. The van der Waals surface area contributed by atoms with E-state index in [0.717, 1.165) is 0 Å². The third-order valence-electron chi connectivity index (χ3n) is 3.71. The standard InChI is InChI=1S/C10H7ClN4O3.C10H10N4O/c11-8-5-9(14-10(12)13-8)18-7-3-1-6(2-4-7)15(16)17;11-7-1-3-8(4-2-7)15-9-5-6-13-10(12)14-9/h1-5H,(H2,12,13,14);1-6H,11H2,(H2,12,13,14). The van der Waals surface area contributed by atoms with Crippen LogP contribution in [0.4, 0.5) is 23.3 Å². The van der Waals surface area contributed by atoms with E-state index in [1.54, 1.807) is 30.3 Å². The number of ether oxygens (including phenoxy) is 2. The Hall–Kier alpha value is -4.71. The number of nitrogens with zero attached hydrogens (tertiary/aromatic N) is 5. The average molecular weight is 469 g/mol. The Morgan fingerprint density at radius 3 is 1.94 bits per heavy atom. The monoisotopic (exact) mass is 468 g/mol. The summed E-state index contributed by atoms with van der Waals surface area (Å²) < 4.78 is 10.8. The molecule has 6 N–H and O–H groups in total. The zero-order valence-corrected chi connectivity index (χ0v) is 17.6. The molecule has 0 atom stereocenters. The molecule has 168 valence electrons. The Morgan fingerprint density at radius 1 is 0.788 bits per heavy atom. The second kappa shape index (κ2) is 10.5. The van der Waals surface area contributed by atoms with E-state index in [9.17, 15) is 10.1 Å². The first-order valence-electron chi connectivity index (χ1n) is 9.13. The summed E-state index contributed by atoms with van der Waals surface area (Å²) in [7, 11) is 0. The molecule has 0 spiro atoms. The van der Waals surface area contributed by atoms with Crippen LogP contribution in [0.15, 0.2) is 66.9 Å². The van der Waals surface area contributed by atoms with Crippen molar-refractivity contribution in [2.45, 2.75) is 0 Å². The Morgan fingerprint density at radius 2 is 1.36 bits per heavy atom. The molecular formula is C20H17ClN8O4. The fourth-order valence-electron chi connectivity index (χ4n) is 2.29. The normalized spacial score (nSPS) is 9.97. The van der Waals surface area contributed by atoms with Crippen LogP contribution in [0.1, 0.15) is 0 Å². The van der Waals surface area contributed by atoms with E-state index in [1.807, 2.05) is 0 Å². The van der Waals surface area contributed by atoms with Crippen LogP contribution in [-0.2, 0) is 0 Å². The van der Waals surface area contributed by atoms with Crippen molar-refractivity contribution < 1.29 is 14.4 Å². The van der Waals surface area contributed by atoms with E-state index >= 15 is 0 Å². The largest absolute Gasteiger partial charge is 0.439 e. The summed E-state index contributed by atoms with van der Waals surface area (Å²) >= 11 is 5.68. The summed E-state index contributed by atoms with van der Waals surface area (Å²) in [4.78, 5) is 25.1. The Balaban J connectivity index is 0.000000189. The molecule has 4 rings (SSSR count). The van der Waals surface area contributed by atoms with Crippen molar-refractivity contribution >= 4 is 34.9 Å². The Bertz CT molecular complexity index is 1220. The van der Waals surface area contributed by atoms with Gasteiger partial charge in [0, 0.05) is 36.1 Å². The lowest BCUT2D eigenvalue weighted by molar-refractivity contribution is -0.384. The zero-order valence-electron chi connectivity index (χ0n) is 16.8. The van der Waals surface area contributed by atoms with Crippen LogP contribution in [0.25, 0.3) is 0 Å². The van der Waals surface area contributed by atoms with E-state index < -0.39 is 4.92 Å². The number of nitro benzene ring substituents is 1. The van der Waals surface area contributed by atoms with Gasteiger partial charge in [-0.25, -0.2) is 9.97 Å². The van der Waals surface area contributed by atoms with Crippen molar-refractivity contribution in [3.05, 3.63) is 82.1 Å². The fourth-order valence-corrected chi connectivity index (χ4v) is 2.47. The summed E-state index contributed by atoms with van der Waals surface area (Å²) in [5.41, 5.74) is 17.0. The van der Waals surface area contributed by atoms with Gasteiger partial charge in [0.2, 0.25) is 23.7 Å². The third kappa shape index (κ3) is 7.18. The van der Waals surface area contributed by atoms with Crippen molar-refractivity contribution in [3.8, 4) is 23.3 Å². The second-order valence-electron chi connectivity index (χ2n) is 6.16. The summed E-state index contributed by atoms with van der Waals surface area (Å²) in [5.74, 6) is 1.79. The van der Waals surface area contributed by atoms with Gasteiger partial charge >= 0.3 is 0 Å². The molecule has 4 aromatic rings. The molecule has 2 heterocycles. The number of benzene rings is 2. The maximum atomic E-state index is 10.5. The lowest BCUT2D eigenvalue weighted by Gasteiger charge is -2.04. The van der Waals surface area contributed by atoms with Gasteiger partial charge in [0.1, 0.15) is 16.7 Å². The van der Waals surface area contributed by atoms with Gasteiger partial charge in [0.05, 0.1) is 4.92 Å². The number of hydrogen-bond donors (Lipinski definition) is 3. The maximum absolute atomic E-state index is 10.5. The van der Waals surface area contributed by atoms with Crippen LogP contribution < -0.4 is 26.7 Å². The van der Waals surface area contributed by atoms with Crippen LogP contribution in [-0.4, -0.2) is 24.9 Å². The first kappa shape index (κ1) is 23.0. The highest BCUT2D eigenvalue weighted by Gasteiger charge is 2.07. The van der Waals surface area contributed by atoms with Gasteiger partial charge < -0.3 is 26.7 Å². The van der Waals surface area contributed by atoms with E-state index in [2.05, 4.69) is 19.9 Å². The van der Waals surface area contributed by atoms with Crippen LogP contribution in [0.3, 0.4) is 0 Å². The Kier molecular flexibility index (Phi) is 7.34. The van der Waals surface area contributed by atoms with Gasteiger partial charge in [-0.1, -0.05) is 11.6 Å². The molecule has 0 saturated heterocycles. The predicted molar refractivity (Wildman–Crippen MR) is 122 cm³/mol. The van der Waals surface area contributed by atoms with Crippen LogP contribution >= 0.6 is 11.6 Å². The lowest BCUT2D eigenvalue weighted by Crippen LogP contribution is -1.97. The third-order valence-corrected chi connectivity index (χ3v) is 3.90. The number of nitrogen functional groups attached to an aromatic ring is 3. The van der Waals surface area contributed by atoms with Gasteiger partial charge in [-0.2, -0.15) is 9.97 Å². The molecule has 0 radical (unpaired) electrons. The SMILES string of the molecule is Nc1ccc(Oc2ccnc(N)n2)cc1.Nc1nc(Cl)cc(Oc2ccc([N+](=O)[O-])cc2)n1. The maximum Gasteiger partial charge on any atom is 0.269 e. The van der Waals surface area contributed by atoms with Gasteiger partial charge in [0.15, 0.2) is 0 Å². The average Bonchev–Trinajstić information content (AvgIpc) is 2.76. The number of aromatic nitrogens is 4. The molecule has 0 fully saturated rings. The highest BCUT2D eigenvalue weighted by atomic mass is 35.5. The zero-order chi connectivity index (χ0) is 23.8. The Labute approximate surface area is 192 Å². The van der Waals surface area contributed by atoms with Crippen molar-refractivity contribution in [2.75, 3.05) is 17.2 Å². The minimum absolute atomic E-state index is 0.0144. The molecule has 0 unspecified atom stereocenters. The number of nitro groups is 1. The summed E-state index contributed by atoms with van der Waals surface area (Å²) in [5, 5.41) is 10.6. The minimum Gasteiger partial charge on any atom is -0.439 e. The molecule has 0 bridgehead atoms. The second-order valence-corrected chi connectivity index (χ2v) is 6.55. The summed E-state index contributed by atoms with van der Waals surface area (Å²) in [6, 6.07) is 15.6. The number of rotatable bonds is 5. The van der Waals surface area contributed by atoms with E-state index in [4.69, 9.17) is 38.3 Å². The van der Waals surface area contributed by atoms with E-state index in [-0.39, 0.29) is 28.6 Å². The quantitative estimate of drug-likeness (QED) is 0.167. The molecular weight excluding hydrogens is 452 g/mol. The van der Waals surface area contributed by atoms with Crippen molar-refractivity contribution in [1.82, 2.24) is 19.9 Å². The number of anilines is 3. The number of halogens is 1. The van der Waals surface area contributed by atoms with Gasteiger partial charge in [0.25, 0.3) is 5.69 Å². The molecule has 0 amide bonds. The van der Waals surface area contributed by atoms with Gasteiger partial charge in [-0.3, -0.25) is 10.1 Å². The molecule has 13 heteroatoms. The molecule has 0 aliphatic heterocycles. The van der Waals surface area contributed by atoms with Crippen LogP contribution in [0.2, 0.25) is 5.15 Å². The summed E-state index contributed by atoms with van der Waals surface area (Å²) in [6.07, 6.45) is 1.54. The predicted octanol–water partition coefficient (Wildman–Crippen LogP) is 3.85. The van der Waals surface area contributed by atoms with Crippen molar-refractivity contribution in [2.24, 2.45) is 0 Å². The first-order valence-corrected chi connectivity index (χ1v) is 9.50. The topological polar surface area (TPSA) is 191 Å². The van der Waals surface area contributed by atoms with Crippen LogP contribution in [0, 0.1) is 10.1 Å². The highest BCUT2D eigenvalue weighted by Crippen LogP contribution is 2.24. The number of hydrogen-bond acceptors (Lipinski definition) is 11. The molecule has 0 aliphatic carbocycles. The van der Waals surface area contributed by atoms with Gasteiger partial charge in [-0.05, 0) is 36.4 Å². The molecule has 2 aromatic carbocycles. The summed E-state index contributed by atoms with van der Waals surface area (Å²) in [6.45, 7) is 0.